The Balaban J connectivity index is 1.97. The molecule has 1 aromatic carbocycles. The number of likely N-dealkylation sites (N-methyl/N-ethyl adjacent to an activating group) is 1. The van der Waals surface area contributed by atoms with Crippen LogP contribution in [0.3, 0.4) is 0 Å². The second-order valence-electron chi connectivity index (χ2n) is 9.85. The zero-order chi connectivity index (χ0) is 25.6. The van der Waals surface area contributed by atoms with E-state index in [0.29, 0.717) is 18.2 Å². The number of pyridine rings is 1. The first-order valence-electron chi connectivity index (χ1n) is 12.1. The third kappa shape index (κ3) is 7.05. The number of benzene rings is 1. The summed E-state index contributed by atoms with van der Waals surface area (Å²) in [5, 5.41) is 9.81. The van der Waals surface area contributed by atoms with E-state index in [2.05, 4.69) is 35.6 Å². The fourth-order valence-electron chi connectivity index (χ4n) is 4.05. The molecule has 0 unspecified atom stereocenters. The lowest BCUT2D eigenvalue weighted by atomic mass is 10.0. The van der Waals surface area contributed by atoms with E-state index in [9.17, 15) is 13.5 Å². The first-order chi connectivity index (χ1) is 16.6. The summed E-state index contributed by atoms with van der Waals surface area (Å²) in [4.78, 5) is 6.35. The summed E-state index contributed by atoms with van der Waals surface area (Å²) >= 11 is 0. The van der Waals surface area contributed by atoms with E-state index in [-0.39, 0.29) is 30.1 Å². The molecule has 2 aromatic rings. The molecule has 3 rings (SSSR count). The first-order valence-corrected chi connectivity index (χ1v) is 13.6. The largest absolute Gasteiger partial charge is 0.487 e. The quantitative estimate of drug-likeness (QED) is 0.588. The molecule has 190 valence electrons. The highest BCUT2D eigenvalue weighted by molar-refractivity contribution is 7.89. The highest BCUT2D eigenvalue weighted by atomic mass is 32.2. The number of aromatic nitrogens is 1. The van der Waals surface area contributed by atoms with Crippen LogP contribution in [0.1, 0.15) is 45.2 Å². The van der Waals surface area contributed by atoms with Crippen molar-refractivity contribution in [2.24, 2.45) is 11.8 Å². The molecule has 7 nitrogen and oxygen atoms in total. The molecule has 0 fully saturated rings. The van der Waals surface area contributed by atoms with Gasteiger partial charge in [0.15, 0.2) is 0 Å². The Bertz CT molecular complexity index is 1140. The SMILES string of the molecule is CC(C)CC#Cc1ccc2c(c1)O[C@@H](CN(C)Cc1ccncc1)[C@@H](C)CN([C@H](C)CO)S2(=O)=O. The molecule has 1 aliphatic rings. The minimum absolute atomic E-state index is 0.109. The van der Waals surface area contributed by atoms with E-state index in [1.54, 1.807) is 37.5 Å². The molecule has 0 radical (unpaired) electrons. The normalized spacial score (nSPS) is 20.8. The molecule has 3 atom stereocenters. The number of nitrogens with zero attached hydrogens (tertiary/aromatic N) is 3. The van der Waals surface area contributed by atoms with Crippen molar-refractivity contribution in [1.29, 1.82) is 0 Å². The summed E-state index contributed by atoms with van der Waals surface area (Å²) in [6.45, 7) is 9.26. The van der Waals surface area contributed by atoms with Gasteiger partial charge in [-0.2, -0.15) is 4.31 Å². The van der Waals surface area contributed by atoms with Gasteiger partial charge in [0.05, 0.1) is 6.61 Å². The zero-order valence-corrected chi connectivity index (χ0v) is 22.1. The number of ether oxygens (including phenoxy) is 1. The molecule has 0 amide bonds. The molecule has 0 aliphatic carbocycles. The number of fused-ring (bicyclic) bond motifs is 1. The minimum Gasteiger partial charge on any atom is -0.487 e. The fourth-order valence-corrected chi connectivity index (χ4v) is 5.88. The number of sulfonamides is 1. The van der Waals surface area contributed by atoms with E-state index in [4.69, 9.17) is 4.74 Å². The summed E-state index contributed by atoms with van der Waals surface area (Å²) < 4.78 is 35.0. The lowest BCUT2D eigenvalue weighted by molar-refractivity contribution is 0.0733. The molecular formula is C27H37N3O4S. The van der Waals surface area contributed by atoms with Crippen molar-refractivity contribution >= 4 is 10.0 Å². The Morgan fingerprint density at radius 3 is 2.60 bits per heavy atom. The van der Waals surface area contributed by atoms with Gasteiger partial charge in [-0.05, 0) is 55.8 Å². The van der Waals surface area contributed by atoms with Crippen molar-refractivity contribution in [3.8, 4) is 17.6 Å². The van der Waals surface area contributed by atoms with Crippen LogP contribution in [0, 0.1) is 23.7 Å². The van der Waals surface area contributed by atoms with Gasteiger partial charge >= 0.3 is 0 Å². The maximum Gasteiger partial charge on any atom is 0.247 e. The Labute approximate surface area is 210 Å². The molecule has 0 spiro atoms. The van der Waals surface area contributed by atoms with E-state index < -0.39 is 16.1 Å². The second-order valence-corrected chi connectivity index (χ2v) is 11.7. The Morgan fingerprint density at radius 1 is 1.23 bits per heavy atom. The number of aliphatic hydroxyl groups is 1. The van der Waals surface area contributed by atoms with Gasteiger partial charge in [-0.3, -0.25) is 9.88 Å². The van der Waals surface area contributed by atoms with Crippen LogP contribution >= 0.6 is 0 Å². The molecule has 0 saturated heterocycles. The minimum atomic E-state index is -3.86. The van der Waals surface area contributed by atoms with Crippen molar-refractivity contribution in [3.05, 3.63) is 53.9 Å². The van der Waals surface area contributed by atoms with Crippen molar-refractivity contribution in [3.63, 3.8) is 0 Å². The number of hydrogen-bond acceptors (Lipinski definition) is 6. The van der Waals surface area contributed by atoms with Gasteiger partial charge in [0.25, 0.3) is 0 Å². The van der Waals surface area contributed by atoms with Crippen molar-refractivity contribution in [2.75, 3.05) is 26.7 Å². The fraction of sp³-hybridized carbons (Fsp3) is 0.519. The summed E-state index contributed by atoms with van der Waals surface area (Å²) in [5.74, 6) is 6.96. The average molecular weight is 500 g/mol. The van der Waals surface area contributed by atoms with Crippen LogP contribution in [0.2, 0.25) is 0 Å². The van der Waals surface area contributed by atoms with Gasteiger partial charge in [-0.25, -0.2) is 8.42 Å². The maximum atomic E-state index is 13.6. The van der Waals surface area contributed by atoms with Crippen LogP contribution < -0.4 is 4.74 Å². The second kappa shape index (κ2) is 12.0. The van der Waals surface area contributed by atoms with Crippen LogP contribution in [-0.2, 0) is 16.6 Å². The van der Waals surface area contributed by atoms with Crippen molar-refractivity contribution < 1.29 is 18.3 Å². The molecule has 35 heavy (non-hydrogen) atoms. The number of rotatable bonds is 7. The van der Waals surface area contributed by atoms with Gasteiger partial charge < -0.3 is 9.84 Å². The molecule has 2 heterocycles. The predicted molar refractivity (Wildman–Crippen MR) is 137 cm³/mol. The summed E-state index contributed by atoms with van der Waals surface area (Å²) in [6, 6.07) is 8.45. The smallest absolute Gasteiger partial charge is 0.247 e. The highest BCUT2D eigenvalue weighted by Gasteiger charge is 2.38. The van der Waals surface area contributed by atoms with E-state index >= 15 is 0 Å². The molecule has 8 heteroatoms. The Hall–Kier alpha value is -2.44. The number of hydrogen-bond donors (Lipinski definition) is 1. The van der Waals surface area contributed by atoms with E-state index in [0.717, 1.165) is 24.1 Å². The predicted octanol–water partition coefficient (Wildman–Crippen LogP) is 3.38. The molecule has 1 aliphatic heterocycles. The third-order valence-corrected chi connectivity index (χ3v) is 8.12. The van der Waals surface area contributed by atoms with Crippen LogP contribution in [0.5, 0.6) is 5.75 Å². The molecule has 1 N–H and O–H groups in total. The van der Waals surface area contributed by atoms with Crippen LogP contribution in [0.4, 0.5) is 0 Å². The van der Waals surface area contributed by atoms with Crippen LogP contribution in [0.15, 0.2) is 47.6 Å². The van der Waals surface area contributed by atoms with Gasteiger partial charge in [0, 0.05) is 56.0 Å². The first kappa shape index (κ1) is 27.2. The molecule has 0 saturated carbocycles. The Morgan fingerprint density at radius 2 is 1.94 bits per heavy atom. The molecular weight excluding hydrogens is 462 g/mol. The number of aliphatic hydroxyl groups excluding tert-OH is 1. The topological polar surface area (TPSA) is 83.0 Å². The zero-order valence-electron chi connectivity index (χ0n) is 21.3. The van der Waals surface area contributed by atoms with E-state index in [1.807, 2.05) is 26.1 Å². The van der Waals surface area contributed by atoms with Gasteiger partial charge in [-0.1, -0.05) is 32.6 Å². The lowest BCUT2D eigenvalue weighted by Crippen LogP contribution is -2.49. The van der Waals surface area contributed by atoms with Crippen LogP contribution in [0.25, 0.3) is 0 Å². The average Bonchev–Trinajstić information content (AvgIpc) is 2.81. The van der Waals surface area contributed by atoms with Gasteiger partial charge in [-0.15, -0.1) is 0 Å². The van der Waals surface area contributed by atoms with Crippen LogP contribution in [-0.4, -0.2) is 66.6 Å². The maximum absolute atomic E-state index is 13.6. The summed E-state index contributed by atoms with van der Waals surface area (Å²) in [6.07, 6.45) is 4.05. The monoisotopic (exact) mass is 499 g/mol. The summed E-state index contributed by atoms with van der Waals surface area (Å²) in [7, 11) is -1.84. The van der Waals surface area contributed by atoms with E-state index in [1.165, 1.54) is 4.31 Å². The molecule has 0 bridgehead atoms. The standard InChI is InChI=1S/C27H37N3O4S/c1-20(2)7-6-8-23-9-10-27-25(15-23)34-26(18-29(5)17-24-11-13-28-14-12-24)21(3)16-30(22(4)19-31)35(27,32)33/h9-15,20-22,26,31H,7,16-19H2,1-5H3/t21-,22+,26-/m0/s1. The van der Waals surface area contributed by atoms with Gasteiger partial charge in [0.1, 0.15) is 16.7 Å². The third-order valence-electron chi connectivity index (χ3n) is 6.10. The lowest BCUT2D eigenvalue weighted by Gasteiger charge is -2.37. The van der Waals surface area contributed by atoms with Crippen molar-refractivity contribution in [2.45, 2.75) is 57.7 Å². The van der Waals surface area contributed by atoms with Crippen molar-refractivity contribution in [1.82, 2.24) is 14.2 Å². The Kier molecular flexibility index (Phi) is 9.31. The van der Waals surface area contributed by atoms with Gasteiger partial charge in [0.2, 0.25) is 10.0 Å². The molecule has 1 aromatic heterocycles. The summed E-state index contributed by atoms with van der Waals surface area (Å²) in [5.41, 5.74) is 1.86. The highest BCUT2D eigenvalue weighted by Crippen LogP contribution is 2.34.